The van der Waals surface area contributed by atoms with Gasteiger partial charge in [-0.25, -0.2) is 27.8 Å². The van der Waals surface area contributed by atoms with Crippen LogP contribution in [-0.2, 0) is 16.4 Å². The molecule has 0 spiro atoms. The number of benzene rings is 1. The highest BCUT2D eigenvalue weighted by atomic mass is 32.2. The molecule has 3 aromatic rings. The van der Waals surface area contributed by atoms with Crippen molar-refractivity contribution in [2.75, 3.05) is 31.1 Å². The Bertz CT molecular complexity index is 1160. The summed E-state index contributed by atoms with van der Waals surface area (Å²) in [6, 6.07) is 11.9. The van der Waals surface area contributed by atoms with E-state index in [1.807, 2.05) is 12.1 Å². The summed E-state index contributed by atoms with van der Waals surface area (Å²) in [6.07, 6.45) is 9.05. The summed E-state index contributed by atoms with van der Waals surface area (Å²) in [7, 11) is -3.44. The first-order valence-corrected chi connectivity index (χ1v) is 12.4. The fourth-order valence-corrected chi connectivity index (χ4v) is 4.89. The van der Waals surface area contributed by atoms with Gasteiger partial charge in [0.05, 0.1) is 0 Å². The summed E-state index contributed by atoms with van der Waals surface area (Å²) in [5, 5.41) is 1.31. The number of piperazine rings is 1. The number of allylic oxidation sites excluding steroid dienone is 1. The van der Waals surface area contributed by atoms with Gasteiger partial charge < -0.3 is 4.90 Å². The standard InChI is InChI=1S/C24H26FN5O2S/c25-22-9-6-20(7-10-22)21-8-11-24(28-19-21)29-14-16-30(17-15-29)33(31,32)18-3-1-2-5-23-26-12-4-13-27-23/h3-4,6-13,18-19H,1-2,5,14-17H2. The van der Waals surface area contributed by atoms with Crippen LogP contribution in [0.5, 0.6) is 0 Å². The SMILES string of the molecule is O=S(=O)(C=CCCCc1ncccn1)N1CCN(c2ccc(-c3ccc(F)cc3)cn2)CC1. The topological polar surface area (TPSA) is 79.3 Å². The predicted octanol–water partition coefficient (Wildman–Crippen LogP) is 3.67. The monoisotopic (exact) mass is 467 g/mol. The summed E-state index contributed by atoms with van der Waals surface area (Å²) in [6.45, 7) is 1.96. The number of aromatic nitrogens is 3. The number of aryl methyl sites for hydroxylation is 1. The minimum Gasteiger partial charge on any atom is -0.354 e. The molecule has 7 nitrogen and oxygen atoms in total. The van der Waals surface area contributed by atoms with Crippen LogP contribution in [-0.4, -0.2) is 53.9 Å². The van der Waals surface area contributed by atoms with Crippen molar-refractivity contribution >= 4 is 15.8 Å². The number of nitrogens with zero attached hydrogens (tertiary/aromatic N) is 5. The lowest BCUT2D eigenvalue weighted by Gasteiger charge is -2.34. The molecule has 1 saturated heterocycles. The molecule has 0 amide bonds. The second-order valence-corrected chi connectivity index (χ2v) is 9.59. The minimum atomic E-state index is -3.44. The van der Waals surface area contributed by atoms with Crippen LogP contribution in [0.2, 0.25) is 0 Å². The van der Waals surface area contributed by atoms with Crippen LogP contribution in [0, 0.1) is 5.82 Å². The van der Waals surface area contributed by atoms with Crippen molar-refractivity contribution in [3.63, 3.8) is 0 Å². The van der Waals surface area contributed by atoms with Gasteiger partial charge in [-0.3, -0.25) is 0 Å². The number of halogens is 1. The molecule has 0 bridgehead atoms. The lowest BCUT2D eigenvalue weighted by atomic mass is 10.1. The number of hydrogen-bond acceptors (Lipinski definition) is 6. The van der Waals surface area contributed by atoms with Gasteiger partial charge >= 0.3 is 0 Å². The molecule has 2 aromatic heterocycles. The van der Waals surface area contributed by atoms with E-state index in [4.69, 9.17) is 0 Å². The third-order valence-corrected chi connectivity index (χ3v) is 7.13. The fourth-order valence-electron chi connectivity index (χ4n) is 3.67. The molecule has 0 aliphatic carbocycles. The van der Waals surface area contributed by atoms with Crippen LogP contribution in [0.1, 0.15) is 18.7 Å². The summed E-state index contributed by atoms with van der Waals surface area (Å²) in [5.41, 5.74) is 1.80. The van der Waals surface area contributed by atoms with Crippen molar-refractivity contribution in [1.29, 1.82) is 0 Å². The van der Waals surface area contributed by atoms with Crippen molar-refractivity contribution in [3.05, 3.63) is 84.2 Å². The molecule has 1 aromatic carbocycles. The summed E-state index contributed by atoms with van der Waals surface area (Å²) >= 11 is 0. The van der Waals surface area contributed by atoms with E-state index < -0.39 is 10.0 Å². The van der Waals surface area contributed by atoms with Crippen LogP contribution < -0.4 is 4.90 Å². The van der Waals surface area contributed by atoms with Crippen LogP contribution in [0.3, 0.4) is 0 Å². The molecule has 1 aliphatic heterocycles. The molecule has 9 heteroatoms. The van der Waals surface area contributed by atoms with Gasteiger partial charge in [0, 0.05) is 62.2 Å². The molecule has 1 aliphatic rings. The van der Waals surface area contributed by atoms with Gasteiger partial charge in [-0.05, 0) is 48.7 Å². The van der Waals surface area contributed by atoms with Crippen molar-refractivity contribution < 1.29 is 12.8 Å². The molecular weight excluding hydrogens is 441 g/mol. The minimum absolute atomic E-state index is 0.271. The van der Waals surface area contributed by atoms with E-state index in [2.05, 4.69) is 19.9 Å². The quantitative estimate of drug-likeness (QED) is 0.471. The summed E-state index contributed by atoms with van der Waals surface area (Å²) in [5.74, 6) is 1.30. The van der Waals surface area contributed by atoms with Gasteiger partial charge in [0.2, 0.25) is 10.0 Å². The molecule has 3 heterocycles. The van der Waals surface area contributed by atoms with Gasteiger partial charge in [-0.1, -0.05) is 18.2 Å². The number of unbranched alkanes of at least 4 members (excludes halogenated alkanes) is 1. The number of hydrogen-bond donors (Lipinski definition) is 0. The van der Waals surface area contributed by atoms with Gasteiger partial charge in [0.15, 0.2) is 0 Å². The Morgan fingerprint density at radius 2 is 1.61 bits per heavy atom. The zero-order valence-electron chi connectivity index (χ0n) is 18.2. The molecule has 4 rings (SSSR count). The first-order valence-electron chi connectivity index (χ1n) is 10.9. The van der Waals surface area contributed by atoms with Crippen LogP contribution in [0.25, 0.3) is 11.1 Å². The van der Waals surface area contributed by atoms with Crippen molar-refractivity contribution in [2.24, 2.45) is 0 Å². The van der Waals surface area contributed by atoms with Crippen LogP contribution in [0.4, 0.5) is 10.2 Å². The lowest BCUT2D eigenvalue weighted by Crippen LogP contribution is -2.48. The van der Waals surface area contributed by atoms with Crippen molar-refractivity contribution in [3.8, 4) is 11.1 Å². The Morgan fingerprint density at radius 1 is 0.909 bits per heavy atom. The van der Waals surface area contributed by atoms with E-state index in [1.165, 1.54) is 21.8 Å². The number of sulfonamides is 1. The average molecular weight is 468 g/mol. The second kappa shape index (κ2) is 10.6. The van der Waals surface area contributed by atoms with E-state index >= 15 is 0 Å². The number of rotatable bonds is 8. The Balaban J connectivity index is 1.26. The van der Waals surface area contributed by atoms with Gasteiger partial charge in [-0.15, -0.1) is 0 Å². The Morgan fingerprint density at radius 3 is 2.27 bits per heavy atom. The first kappa shape index (κ1) is 23.0. The molecule has 0 radical (unpaired) electrons. The van der Waals surface area contributed by atoms with Gasteiger partial charge in [0.25, 0.3) is 0 Å². The molecule has 0 N–H and O–H groups in total. The number of pyridine rings is 1. The number of anilines is 1. The van der Waals surface area contributed by atoms with Crippen molar-refractivity contribution in [1.82, 2.24) is 19.3 Å². The summed E-state index contributed by atoms with van der Waals surface area (Å²) in [4.78, 5) is 14.9. The van der Waals surface area contributed by atoms with Crippen LogP contribution in [0.15, 0.2) is 72.5 Å². The zero-order valence-corrected chi connectivity index (χ0v) is 19.0. The third-order valence-electron chi connectivity index (χ3n) is 5.51. The van der Waals surface area contributed by atoms with E-state index in [1.54, 1.807) is 42.9 Å². The summed E-state index contributed by atoms with van der Waals surface area (Å²) < 4.78 is 39.9. The van der Waals surface area contributed by atoms with E-state index in [0.29, 0.717) is 32.6 Å². The van der Waals surface area contributed by atoms with Gasteiger partial charge in [0.1, 0.15) is 17.5 Å². The maximum absolute atomic E-state index is 13.1. The zero-order chi connectivity index (χ0) is 23.1. The van der Waals surface area contributed by atoms with Crippen LogP contribution >= 0.6 is 0 Å². The molecule has 172 valence electrons. The third kappa shape index (κ3) is 6.21. The molecule has 0 atom stereocenters. The Hall–Kier alpha value is -3.17. The molecule has 0 unspecified atom stereocenters. The van der Waals surface area contributed by atoms with E-state index in [0.717, 1.165) is 35.6 Å². The lowest BCUT2D eigenvalue weighted by molar-refractivity contribution is 0.388. The Labute approximate surface area is 193 Å². The normalized spacial score (nSPS) is 15.2. The fraction of sp³-hybridized carbons (Fsp3) is 0.292. The maximum atomic E-state index is 13.1. The molecule has 33 heavy (non-hydrogen) atoms. The van der Waals surface area contributed by atoms with Gasteiger partial charge in [-0.2, -0.15) is 4.31 Å². The molecular formula is C24H26FN5O2S. The largest absolute Gasteiger partial charge is 0.354 e. The smallest absolute Gasteiger partial charge is 0.236 e. The highest BCUT2D eigenvalue weighted by Crippen LogP contribution is 2.22. The highest BCUT2D eigenvalue weighted by molar-refractivity contribution is 7.92. The maximum Gasteiger partial charge on any atom is 0.236 e. The van der Waals surface area contributed by atoms with Crippen molar-refractivity contribution in [2.45, 2.75) is 19.3 Å². The molecule has 0 saturated carbocycles. The second-order valence-electron chi connectivity index (χ2n) is 7.77. The predicted molar refractivity (Wildman–Crippen MR) is 126 cm³/mol. The first-order chi connectivity index (χ1) is 16.0. The Kier molecular flexibility index (Phi) is 7.41. The highest BCUT2D eigenvalue weighted by Gasteiger charge is 2.25. The van der Waals surface area contributed by atoms with E-state index in [-0.39, 0.29) is 5.82 Å². The molecule has 1 fully saturated rings. The van der Waals surface area contributed by atoms with E-state index in [9.17, 15) is 12.8 Å². The average Bonchev–Trinajstić information content (AvgIpc) is 2.85.